The second kappa shape index (κ2) is 64.6. The Morgan fingerprint density at radius 1 is 0.273 bits per heavy atom. The van der Waals surface area contributed by atoms with E-state index in [2.05, 4.69) is 108 Å². The number of nitrogens with zero attached hydrogens (tertiary/aromatic N) is 6. The van der Waals surface area contributed by atoms with Crippen molar-refractivity contribution in [1.82, 2.24) is 19.6 Å². The van der Waals surface area contributed by atoms with Crippen LogP contribution in [0.3, 0.4) is 0 Å². The van der Waals surface area contributed by atoms with Crippen LogP contribution in [0, 0.1) is 32.5 Å². The minimum Gasteiger partial charge on any atom is -1.00 e. The number of benzene rings is 2. The number of ether oxygens (including phenoxy) is 18. The summed E-state index contributed by atoms with van der Waals surface area (Å²) in [5, 5.41) is 1.14. The van der Waals surface area contributed by atoms with Crippen LogP contribution in [0.25, 0.3) is 0 Å². The third-order valence-corrected chi connectivity index (χ3v) is 19.6. The third kappa shape index (κ3) is 56.5. The predicted molar refractivity (Wildman–Crippen MR) is 465 cm³/mol. The summed E-state index contributed by atoms with van der Waals surface area (Å²) >= 11 is 6.45. The van der Waals surface area contributed by atoms with E-state index >= 15 is 0 Å². The first kappa shape index (κ1) is 124. The van der Waals surface area contributed by atoms with Crippen LogP contribution >= 0.6 is 31.9 Å². The molecule has 0 bridgehead atoms. The van der Waals surface area contributed by atoms with Crippen molar-refractivity contribution >= 4 is 116 Å². The fourth-order valence-electron chi connectivity index (χ4n) is 9.72. The maximum Gasteiger partial charge on any atom is 0.508 e. The number of quaternary nitrogens is 2. The number of esters is 10. The van der Waals surface area contributed by atoms with Gasteiger partial charge in [0.1, 0.15) is 125 Å². The molecule has 0 amide bonds. The molecule has 128 heavy (non-hydrogen) atoms. The molecule has 0 aliphatic carbocycles. The van der Waals surface area contributed by atoms with Crippen molar-refractivity contribution in [1.29, 1.82) is 0 Å². The molecule has 2 aromatic carbocycles. The molecule has 734 valence electrons. The lowest BCUT2D eigenvalue weighted by Gasteiger charge is -2.31. The molecule has 0 spiro atoms. The highest BCUT2D eigenvalue weighted by Gasteiger charge is 2.46. The molecule has 0 heterocycles. The summed E-state index contributed by atoms with van der Waals surface area (Å²) in [4.78, 5) is 185. The van der Waals surface area contributed by atoms with Gasteiger partial charge in [0.05, 0.1) is 80.8 Å². The van der Waals surface area contributed by atoms with Crippen molar-refractivity contribution in [3.63, 3.8) is 0 Å². The predicted octanol–water partition coefficient (Wildman–Crippen LogP) is 2.28. The van der Waals surface area contributed by atoms with Crippen LogP contribution in [0.5, 0.6) is 0 Å². The average molecular weight is 2090 g/mol. The SMILES string of the molecule is CC(=O)OCC(C)(COC(=O)OCC(C)(COC(=O)OCC(C)(COC(C)=O)C(=O)OCCCBr)C(=O)OCc1ccccc1)C(=O)OCCCBr.CC(=O)OCC(C)(COC(=O)OCC(C)(COC(=O)OCC(C)(COC(C)=O)C(=O)OCCC[N+](C)(C)CCN(C)C)C(=O)OCc1ccccc1)C(=O)OCCC[N+](C)(C)CCN(C)C.CN(C)CCN(C)C.[Br-].[Br-]. The van der Waals surface area contributed by atoms with Gasteiger partial charge >= 0.3 is 84.3 Å². The standard InChI is InChI=1S/C46H78N4O16.C34H46Br2O16.C6H16N2.2BrH/c1-36(51)61-30-44(3,39(53)58-27-17-23-49(10,11)25-21-47(6)7)32-63-42(56)65-34-46(5,41(55)60-29-38-19-15-14-16-20-38)35-66-43(57)64-33-45(4,31-62-37(2)52)40(54)59-28-18-24-50(12,13)26-22-48(8)9;1-24(37)47-18-32(3,27(39)44-15-9-13-35)20-49-30(42)51-22-34(5,29(41)46-17-26-11-7-6-8-12-26)23-52-31(43)50-21-33(4,19-48-25(2)38)28(40)45-16-10-14-36;1-7(2)5-6-8(3)4;;/h14-16,19-20H,17-18,21-35H2,1-13H3;6-8,11-12H,9-10,13-23H2,1-5H3;5-6H2,1-4H3;2*1H/q+2;;;;/p-2. The Balaban J connectivity index is -0.00000226. The number of alkyl halides is 2. The van der Waals surface area contributed by atoms with Crippen LogP contribution in [-0.2, 0) is 146 Å². The van der Waals surface area contributed by atoms with Crippen molar-refractivity contribution < 1.29 is 195 Å². The molecule has 0 fully saturated rings. The summed E-state index contributed by atoms with van der Waals surface area (Å²) in [5.74, 6) is -7.68. The molecule has 2 rings (SSSR count). The van der Waals surface area contributed by atoms with Gasteiger partial charge < -0.3 is 148 Å². The Kier molecular flexibility index (Phi) is 62.6. The smallest absolute Gasteiger partial charge is 0.508 e. The number of halogens is 4. The lowest BCUT2D eigenvalue weighted by atomic mass is 9.93. The van der Waals surface area contributed by atoms with Gasteiger partial charge in [0.25, 0.3) is 0 Å². The van der Waals surface area contributed by atoms with Gasteiger partial charge in [-0.1, -0.05) is 92.5 Å². The Hall–Kier alpha value is -8.10. The zero-order valence-corrected chi connectivity index (χ0v) is 85.0. The molecule has 4 unspecified atom stereocenters. The molecule has 0 aromatic heterocycles. The highest BCUT2D eigenvalue weighted by Crippen LogP contribution is 2.29. The van der Waals surface area contributed by atoms with E-state index in [1.54, 1.807) is 60.7 Å². The quantitative estimate of drug-likeness (QED) is 0.0301. The minimum absolute atomic E-state index is 0. The zero-order chi connectivity index (χ0) is 96.0. The minimum atomic E-state index is -1.84. The molecule has 0 saturated carbocycles. The number of rotatable bonds is 57. The van der Waals surface area contributed by atoms with Gasteiger partial charge in [-0.3, -0.25) is 47.9 Å². The lowest BCUT2D eigenvalue weighted by Crippen LogP contribution is -3.00. The van der Waals surface area contributed by atoms with E-state index < -0.39 is 196 Å². The van der Waals surface area contributed by atoms with Gasteiger partial charge in [0.15, 0.2) is 0 Å². The fourth-order valence-corrected chi connectivity index (χ4v) is 10.2. The van der Waals surface area contributed by atoms with Crippen molar-refractivity contribution in [3.05, 3.63) is 71.8 Å². The number of hydrogen-bond acceptors (Lipinski definition) is 36. The molecular formula is C86H140Br4N6O32. The maximum atomic E-state index is 13.6. The number of carbonyl (C=O) groups excluding carboxylic acids is 14. The summed E-state index contributed by atoms with van der Waals surface area (Å²) in [6.07, 6.45) is -3.14. The monoisotopic (exact) mass is 2080 g/mol. The van der Waals surface area contributed by atoms with Gasteiger partial charge in [-0.15, -0.1) is 0 Å². The third-order valence-electron chi connectivity index (χ3n) is 18.4. The first-order chi connectivity index (χ1) is 58.7. The van der Waals surface area contributed by atoms with Gasteiger partial charge in [0, 0.05) is 77.4 Å². The van der Waals surface area contributed by atoms with Crippen LogP contribution in [-0.4, -0.2) is 366 Å². The Morgan fingerprint density at radius 3 is 0.648 bits per heavy atom. The first-order valence-electron chi connectivity index (χ1n) is 40.9. The zero-order valence-electron chi connectivity index (χ0n) is 78.7. The largest absolute Gasteiger partial charge is 1.00 e. The molecule has 2 aromatic rings. The molecule has 0 saturated heterocycles. The molecule has 0 aliphatic heterocycles. The van der Waals surface area contributed by atoms with Crippen molar-refractivity contribution in [2.45, 2.75) is 108 Å². The highest BCUT2D eigenvalue weighted by atomic mass is 79.9. The van der Waals surface area contributed by atoms with Crippen LogP contribution in [0.2, 0.25) is 0 Å². The van der Waals surface area contributed by atoms with E-state index in [1.807, 2.05) is 28.2 Å². The molecule has 4 atom stereocenters. The second-order valence-corrected chi connectivity index (χ2v) is 35.8. The van der Waals surface area contributed by atoms with E-state index in [9.17, 15) is 67.1 Å². The van der Waals surface area contributed by atoms with Gasteiger partial charge in [-0.25, -0.2) is 19.2 Å². The molecular weight excluding hydrogens is 1950 g/mol. The van der Waals surface area contributed by atoms with Crippen LogP contribution < -0.4 is 34.0 Å². The second-order valence-electron chi connectivity index (χ2n) is 34.2. The van der Waals surface area contributed by atoms with Crippen LogP contribution in [0.1, 0.15) is 106 Å². The van der Waals surface area contributed by atoms with E-state index in [-0.39, 0.29) is 73.6 Å². The summed E-state index contributed by atoms with van der Waals surface area (Å²) in [6.45, 7) is 12.7. The van der Waals surface area contributed by atoms with E-state index in [4.69, 9.17) is 85.3 Å². The number of hydrogen-bond donors (Lipinski definition) is 0. The van der Waals surface area contributed by atoms with Gasteiger partial charge in [-0.2, -0.15) is 0 Å². The fraction of sp³-hybridized carbons (Fsp3) is 0.698. The van der Waals surface area contributed by atoms with Crippen molar-refractivity contribution in [3.8, 4) is 0 Å². The summed E-state index contributed by atoms with van der Waals surface area (Å²) in [7, 11) is 24.6. The Labute approximate surface area is 792 Å². The van der Waals surface area contributed by atoms with Crippen molar-refractivity contribution in [2.75, 3.05) is 253 Å². The van der Waals surface area contributed by atoms with E-state index in [0.717, 1.165) is 80.1 Å². The van der Waals surface area contributed by atoms with E-state index in [0.29, 0.717) is 56.4 Å². The Morgan fingerprint density at radius 2 is 0.461 bits per heavy atom. The average Bonchev–Trinajstić information content (AvgIpc) is 0.845. The topological polar surface area (TPSA) is 418 Å². The van der Waals surface area contributed by atoms with Crippen LogP contribution in [0.4, 0.5) is 19.2 Å². The lowest BCUT2D eigenvalue weighted by molar-refractivity contribution is -0.890. The normalized spacial score (nSPS) is 13.9. The van der Waals surface area contributed by atoms with Crippen LogP contribution in [0.15, 0.2) is 60.7 Å². The number of carbonyl (C=O) groups is 14. The molecule has 0 aliphatic rings. The molecule has 0 N–H and O–H groups in total. The summed E-state index contributed by atoms with van der Waals surface area (Å²) in [5.41, 5.74) is -8.80. The van der Waals surface area contributed by atoms with Crippen molar-refractivity contribution in [2.24, 2.45) is 32.5 Å². The van der Waals surface area contributed by atoms with Gasteiger partial charge in [0.2, 0.25) is 0 Å². The molecule has 38 nitrogen and oxygen atoms in total. The van der Waals surface area contributed by atoms with Gasteiger partial charge in [-0.05, 0) is 122 Å². The molecule has 0 radical (unpaired) electrons. The number of likely N-dealkylation sites (N-methyl/N-ethyl adjacent to an activating group) is 6. The maximum absolute atomic E-state index is 13.6. The highest BCUT2D eigenvalue weighted by molar-refractivity contribution is 9.09. The summed E-state index contributed by atoms with van der Waals surface area (Å²) in [6, 6.07) is 17.4. The van der Waals surface area contributed by atoms with E-state index in [1.165, 1.54) is 41.5 Å². The first-order valence-corrected chi connectivity index (χ1v) is 43.2. The summed E-state index contributed by atoms with van der Waals surface area (Å²) < 4.78 is 95.8. The molecule has 42 heteroatoms. The Bertz CT molecular complexity index is 3490.